The van der Waals surface area contributed by atoms with E-state index in [0.717, 1.165) is 10.4 Å². The molecule has 0 aliphatic heterocycles. The number of amides is 1. The molecule has 168 valence electrons. The number of carbonyl (C=O) groups excluding carboxylic acids is 1. The largest absolute Gasteiger partial charge is 0.484 e. The number of carbonyl (C=O) groups is 1. The van der Waals surface area contributed by atoms with E-state index >= 15 is 0 Å². The maximum absolute atomic E-state index is 13.1. The molecule has 3 N–H and O–H groups in total. The van der Waals surface area contributed by atoms with E-state index in [2.05, 4.69) is 21.3 Å². The SMILES string of the molecule is O=C(CNNc1ccccc1)Nn1c(COc2ccc(Cl)cc2Cl)nc2ccccc2c1=O. The number of hydrogen-bond donors (Lipinski definition) is 3. The van der Waals surface area contributed by atoms with Crippen molar-refractivity contribution in [2.24, 2.45) is 0 Å². The summed E-state index contributed by atoms with van der Waals surface area (Å²) in [7, 11) is 0. The highest BCUT2D eigenvalue weighted by atomic mass is 35.5. The van der Waals surface area contributed by atoms with Crippen molar-refractivity contribution >= 4 is 45.7 Å². The Labute approximate surface area is 199 Å². The first-order chi connectivity index (χ1) is 16.0. The molecule has 10 heteroatoms. The number of benzene rings is 3. The zero-order valence-electron chi connectivity index (χ0n) is 17.2. The molecule has 1 heterocycles. The van der Waals surface area contributed by atoms with Crippen molar-refractivity contribution in [1.29, 1.82) is 0 Å². The van der Waals surface area contributed by atoms with Gasteiger partial charge in [0, 0.05) is 10.7 Å². The molecule has 0 radical (unpaired) electrons. The topological polar surface area (TPSA) is 97.3 Å². The summed E-state index contributed by atoms with van der Waals surface area (Å²) in [5.41, 5.74) is 9.16. The summed E-state index contributed by atoms with van der Waals surface area (Å²) >= 11 is 12.1. The standard InChI is InChI=1S/C23H19Cl2N5O3/c24-15-10-11-20(18(25)12-15)33-14-21-27-19-9-5-4-8-17(19)23(32)30(21)29-22(31)13-26-28-16-6-2-1-3-7-16/h1-12,26,28H,13-14H2,(H,29,31). The molecule has 3 aromatic carbocycles. The fourth-order valence-electron chi connectivity index (χ4n) is 3.04. The molecular formula is C23H19Cl2N5O3. The van der Waals surface area contributed by atoms with Crippen LogP contribution in [0.15, 0.2) is 77.6 Å². The van der Waals surface area contributed by atoms with Crippen LogP contribution in [0.3, 0.4) is 0 Å². The van der Waals surface area contributed by atoms with Gasteiger partial charge in [0.25, 0.3) is 11.5 Å². The quantitative estimate of drug-likeness (QED) is 0.328. The summed E-state index contributed by atoms with van der Waals surface area (Å²) in [5, 5.41) is 1.15. The first-order valence-corrected chi connectivity index (χ1v) is 10.7. The highest BCUT2D eigenvalue weighted by Gasteiger charge is 2.15. The number of fused-ring (bicyclic) bond motifs is 1. The maximum Gasteiger partial charge on any atom is 0.280 e. The number of halogens is 2. The van der Waals surface area contributed by atoms with E-state index in [1.807, 2.05) is 30.3 Å². The van der Waals surface area contributed by atoms with Crippen molar-refractivity contribution in [2.45, 2.75) is 6.61 Å². The molecule has 0 saturated heterocycles. The Hall–Kier alpha value is -3.59. The molecule has 0 spiro atoms. The molecule has 4 rings (SSSR count). The molecule has 1 aromatic heterocycles. The van der Waals surface area contributed by atoms with Gasteiger partial charge in [0.05, 0.1) is 22.5 Å². The van der Waals surface area contributed by atoms with Gasteiger partial charge in [-0.15, -0.1) is 0 Å². The summed E-state index contributed by atoms with van der Waals surface area (Å²) in [4.78, 5) is 30.1. The Morgan fingerprint density at radius 2 is 1.76 bits per heavy atom. The highest BCUT2D eigenvalue weighted by Crippen LogP contribution is 2.28. The number of aromatic nitrogens is 2. The van der Waals surface area contributed by atoms with Gasteiger partial charge in [0.2, 0.25) is 0 Å². The molecule has 1 amide bonds. The third-order valence-electron chi connectivity index (χ3n) is 4.59. The third kappa shape index (κ3) is 5.61. The summed E-state index contributed by atoms with van der Waals surface area (Å²) in [5.74, 6) is 0.118. The van der Waals surface area contributed by atoms with Crippen molar-refractivity contribution < 1.29 is 9.53 Å². The van der Waals surface area contributed by atoms with Crippen LogP contribution in [0.25, 0.3) is 10.9 Å². The van der Waals surface area contributed by atoms with Gasteiger partial charge in [-0.05, 0) is 42.5 Å². The maximum atomic E-state index is 13.1. The average Bonchev–Trinajstić information content (AvgIpc) is 2.81. The zero-order chi connectivity index (χ0) is 23.2. The molecule has 0 fully saturated rings. The van der Waals surface area contributed by atoms with E-state index < -0.39 is 11.5 Å². The van der Waals surface area contributed by atoms with E-state index in [4.69, 9.17) is 27.9 Å². The third-order valence-corrected chi connectivity index (χ3v) is 5.12. The number of nitrogens with one attached hydrogen (secondary N) is 3. The van der Waals surface area contributed by atoms with Crippen molar-refractivity contribution in [3.8, 4) is 5.75 Å². The van der Waals surface area contributed by atoms with E-state index in [0.29, 0.717) is 26.7 Å². The predicted octanol–water partition coefficient (Wildman–Crippen LogP) is 3.97. The first-order valence-electron chi connectivity index (χ1n) is 9.93. The van der Waals surface area contributed by atoms with Crippen LogP contribution in [0.5, 0.6) is 5.75 Å². The van der Waals surface area contributed by atoms with Gasteiger partial charge < -0.3 is 10.2 Å². The van der Waals surface area contributed by atoms with Gasteiger partial charge in [0.15, 0.2) is 5.82 Å². The lowest BCUT2D eigenvalue weighted by atomic mass is 10.2. The summed E-state index contributed by atoms with van der Waals surface area (Å²) in [6.07, 6.45) is 0. The molecule has 0 unspecified atom stereocenters. The smallest absolute Gasteiger partial charge is 0.280 e. The number of anilines is 1. The lowest BCUT2D eigenvalue weighted by molar-refractivity contribution is -0.116. The molecular weight excluding hydrogens is 465 g/mol. The first kappa shape index (κ1) is 22.6. The summed E-state index contributed by atoms with van der Waals surface area (Å²) in [6.45, 7) is -0.213. The van der Waals surface area contributed by atoms with Crippen LogP contribution >= 0.6 is 23.2 Å². The van der Waals surface area contributed by atoms with Crippen molar-refractivity contribution in [3.05, 3.63) is 99.0 Å². The monoisotopic (exact) mass is 483 g/mol. The van der Waals surface area contributed by atoms with Crippen LogP contribution in [0.2, 0.25) is 10.0 Å². The van der Waals surface area contributed by atoms with Crippen molar-refractivity contribution in [3.63, 3.8) is 0 Å². The zero-order valence-corrected chi connectivity index (χ0v) is 18.7. The molecule has 8 nitrogen and oxygen atoms in total. The van der Waals surface area contributed by atoms with E-state index in [9.17, 15) is 9.59 Å². The van der Waals surface area contributed by atoms with Crippen LogP contribution in [-0.2, 0) is 11.4 Å². The second-order valence-electron chi connectivity index (χ2n) is 6.93. The summed E-state index contributed by atoms with van der Waals surface area (Å²) < 4.78 is 6.83. The fraction of sp³-hybridized carbons (Fsp3) is 0.0870. The molecule has 0 saturated carbocycles. The molecule has 0 bridgehead atoms. The average molecular weight is 484 g/mol. The number of hydrogen-bond acceptors (Lipinski definition) is 6. The minimum absolute atomic E-state index is 0.0997. The molecule has 0 atom stereocenters. The lowest BCUT2D eigenvalue weighted by Gasteiger charge is -2.16. The second-order valence-corrected chi connectivity index (χ2v) is 7.77. The Morgan fingerprint density at radius 1 is 1.00 bits per heavy atom. The highest BCUT2D eigenvalue weighted by molar-refractivity contribution is 6.35. The van der Waals surface area contributed by atoms with Gasteiger partial charge in [-0.3, -0.25) is 15.0 Å². The van der Waals surface area contributed by atoms with E-state index in [1.165, 1.54) is 0 Å². The molecule has 33 heavy (non-hydrogen) atoms. The van der Waals surface area contributed by atoms with Gasteiger partial charge in [-0.1, -0.05) is 53.5 Å². The summed E-state index contributed by atoms with van der Waals surface area (Å²) in [6, 6.07) is 21.0. The van der Waals surface area contributed by atoms with E-state index in [1.54, 1.807) is 42.5 Å². The Bertz CT molecular complexity index is 1350. The number of para-hydroxylation sites is 2. The lowest BCUT2D eigenvalue weighted by Crippen LogP contribution is -2.41. The normalized spacial score (nSPS) is 10.7. The number of hydrazine groups is 1. The van der Waals surface area contributed by atoms with Gasteiger partial charge in [-0.25, -0.2) is 10.4 Å². The molecule has 0 aliphatic carbocycles. The van der Waals surface area contributed by atoms with Crippen molar-refractivity contribution in [1.82, 2.24) is 15.1 Å². The van der Waals surface area contributed by atoms with Crippen LogP contribution < -0.4 is 26.6 Å². The minimum atomic E-state index is -0.455. The number of rotatable bonds is 8. The van der Waals surface area contributed by atoms with E-state index in [-0.39, 0.29) is 19.0 Å². The van der Waals surface area contributed by atoms with Gasteiger partial charge in [0.1, 0.15) is 12.4 Å². The Morgan fingerprint density at radius 3 is 2.55 bits per heavy atom. The van der Waals surface area contributed by atoms with Crippen LogP contribution in [0.4, 0.5) is 5.69 Å². The fourth-order valence-corrected chi connectivity index (χ4v) is 3.50. The minimum Gasteiger partial charge on any atom is -0.484 e. The van der Waals surface area contributed by atoms with Crippen LogP contribution in [0, 0.1) is 0 Å². The molecule has 4 aromatic rings. The number of ether oxygens (including phenoxy) is 1. The second kappa shape index (κ2) is 10.4. The molecule has 0 aliphatic rings. The van der Waals surface area contributed by atoms with Gasteiger partial charge in [-0.2, -0.15) is 4.68 Å². The predicted molar refractivity (Wildman–Crippen MR) is 129 cm³/mol. The van der Waals surface area contributed by atoms with Crippen molar-refractivity contribution in [2.75, 3.05) is 17.4 Å². The number of nitrogens with zero attached hydrogens (tertiary/aromatic N) is 2. The van der Waals surface area contributed by atoms with Crippen LogP contribution in [-0.4, -0.2) is 22.1 Å². The van der Waals surface area contributed by atoms with Gasteiger partial charge >= 0.3 is 0 Å². The Balaban J connectivity index is 1.54. The van der Waals surface area contributed by atoms with Crippen LogP contribution in [0.1, 0.15) is 5.82 Å². The Kier molecular flexibility index (Phi) is 7.09.